The van der Waals surface area contributed by atoms with Crippen LogP contribution < -0.4 is 15.0 Å². The van der Waals surface area contributed by atoms with Crippen LogP contribution in [0, 0.1) is 12.3 Å². The maximum absolute atomic E-state index is 6.24. The molecule has 0 radical (unpaired) electrons. The summed E-state index contributed by atoms with van der Waals surface area (Å²) in [5, 5.41) is 3.42. The fourth-order valence-corrected chi connectivity index (χ4v) is 5.77. The van der Waals surface area contributed by atoms with Gasteiger partial charge in [-0.15, -0.1) is 0 Å². The van der Waals surface area contributed by atoms with Crippen LogP contribution in [0.25, 0.3) is 22.2 Å². The second kappa shape index (κ2) is 10.6. The first kappa shape index (κ1) is 25.8. The van der Waals surface area contributed by atoms with Crippen LogP contribution in [0.2, 0.25) is 0 Å². The highest BCUT2D eigenvalue weighted by Crippen LogP contribution is 2.39. The van der Waals surface area contributed by atoms with Gasteiger partial charge in [-0.05, 0) is 67.0 Å². The number of hydrogen-bond donors (Lipinski definition) is 2. The number of fused-ring (bicyclic) bond motifs is 3. The minimum absolute atomic E-state index is 0.237. The van der Waals surface area contributed by atoms with Gasteiger partial charge >= 0.3 is 0 Å². The van der Waals surface area contributed by atoms with Gasteiger partial charge < -0.3 is 24.7 Å². The van der Waals surface area contributed by atoms with Crippen LogP contribution in [0.1, 0.15) is 48.7 Å². The number of nitrogens with one attached hydrogen (secondary N) is 2. The number of methoxy groups -OCH3 is 1. The van der Waals surface area contributed by atoms with Gasteiger partial charge in [-0.3, -0.25) is 0 Å². The van der Waals surface area contributed by atoms with E-state index in [1.165, 1.54) is 22.4 Å². The van der Waals surface area contributed by atoms with Gasteiger partial charge in [-0.2, -0.15) is 0 Å². The first-order valence-corrected chi connectivity index (χ1v) is 13.9. The van der Waals surface area contributed by atoms with Crippen LogP contribution in [0.5, 0.6) is 5.75 Å². The summed E-state index contributed by atoms with van der Waals surface area (Å²) in [7, 11) is 1.72. The fourth-order valence-electron chi connectivity index (χ4n) is 5.77. The van der Waals surface area contributed by atoms with E-state index >= 15 is 0 Å². The number of H-pyrrole nitrogens is 1. The third-order valence-corrected chi connectivity index (χ3v) is 7.85. The van der Waals surface area contributed by atoms with Crippen molar-refractivity contribution in [2.45, 2.75) is 53.1 Å². The average molecular weight is 527 g/mol. The summed E-state index contributed by atoms with van der Waals surface area (Å²) >= 11 is 0. The molecule has 0 bridgehead atoms. The molecule has 2 aromatic carbocycles. The van der Waals surface area contributed by atoms with E-state index < -0.39 is 0 Å². The van der Waals surface area contributed by atoms with Crippen molar-refractivity contribution in [1.29, 1.82) is 0 Å². The molecule has 8 heteroatoms. The number of imidazole rings is 1. The standard InChI is InChI=1S/C31H38N6O2/c1-20-33-26-7-5-22(16-27(26)34-20)21-6-8-28-23(15-21)19-37(12-14-39-28)30-24-17-31(2,3)10-9-25(24)35-29(36-30)18-32-11-13-38-4/h5-8,15-16,32H,9-14,17-19H2,1-4H3,(H,33,34). The number of aryl methyl sites for hydroxylation is 2. The highest BCUT2D eigenvalue weighted by molar-refractivity contribution is 5.82. The van der Waals surface area contributed by atoms with Gasteiger partial charge in [0.2, 0.25) is 0 Å². The largest absolute Gasteiger partial charge is 0.491 e. The van der Waals surface area contributed by atoms with Gasteiger partial charge in [-0.1, -0.05) is 26.0 Å². The van der Waals surface area contributed by atoms with Crippen molar-refractivity contribution in [3.05, 3.63) is 64.9 Å². The molecule has 0 spiro atoms. The normalized spacial score (nSPS) is 16.5. The zero-order chi connectivity index (χ0) is 27.0. The number of hydrogen-bond acceptors (Lipinski definition) is 7. The molecule has 2 aromatic heterocycles. The average Bonchev–Trinajstić information content (AvgIpc) is 3.16. The molecule has 0 unspecified atom stereocenters. The summed E-state index contributed by atoms with van der Waals surface area (Å²) in [6.45, 7) is 10.9. The number of nitrogens with zero attached hydrogens (tertiary/aromatic N) is 4. The zero-order valence-electron chi connectivity index (χ0n) is 23.4. The first-order chi connectivity index (χ1) is 18.9. The summed E-state index contributed by atoms with van der Waals surface area (Å²) < 4.78 is 11.4. The minimum Gasteiger partial charge on any atom is -0.491 e. The Morgan fingerprint density at radius 3 is 2.82 bits per heavy atom. The number of aromatic amines is 1. The SMILES string of the molecule is COCCNCc1nc2c(c(N3CCOc4ccc(-c5ccc6nc(C)[nH]c6c5)cc4C3)n1)CC(C)(C)CC2. The second-order valence-electron chi connectivity index (χ2n) is 11.5. The van der Waals surface area contributed by atoms with Gasteiger partial charge in [0, 0.05) is 37.0 Å². The Bertz CT molecular complexity index is 1490. The van der Waals surface area contributed by atoms with Crippen molar-refractivity contribution in [2.24, 2.45) is 5.41 Å². The van der Waals surface area contributed by atoms with Crippen molar-refractivity contribution in [3.63, 3.8) is 0 Å². The second-order valence-corrected chi connectivity index (χ2v) is 11.5. The molecule has 0 saturated carbocycles. The van der Waals surface area contributed by atoms with Crippen molar-refractivity contribution in [3.8, 4) is 16.9 Å². The number of ether oxygens (including phenoxy) is 2. The Balaban J connectivity index is 1.34. The van der Waals surface area contributed by atoms with Crippen molar-refractivity contribution in [2.75, 3.05) is 38.3 Å². The number of rotatable bonds is 7. The molecule has 2 N–H and O–H groups in total. The Morgan fingerprint density at radius 1 is 1.10 bits per heavy atom. The molecule has 0 amide bonds. The number of aromatic nitrogens is 4. The molecule has 3 heterocycles. The summed E-state index contributed by atoms with van der Waals surface area (Å²) in [6.07, 6.45) is 3.12. The molecule has 6 rings (SSSR count). The molecule has 1 aliphatic carbocycles. The topological polar surface area (TPSA) is 88.2 Å². The number of anilines is 1. The van der Waals surface area contributed by atoms with Crippen LogP contribution in [-0.4, -0.2) is 53.3 Å². The smallest absolute Gasteiger partial charge is 0.144 e. The lowest BCUT2D eigenvalue weighted by molar-refractivity contribution is 0.199. The molecule has 39 heavy (non-hydrogen) atoms. The van der Waals surface area contributed by atoms with Crippen molar-refractivity contribution >= 4 is 16.9 Å². The number of benzene rings is 2. The highest BCUT2D eigenvalue weighted by Gasteiger charge is 2.31. The lowest BCUT2D eigenvalue weighted by Gasteiger charge is -2.34. The van der Waals surface area contributed by atoms with E-state index in [2.05, 4.69) is 70.4 Å². The third-order valence-electron chi connectivity index (χ3n) is 7.85. The lowest BCUT2D eigenvalue weighted by Crippen LogP contribution is -2.32. The Labute approximate surface area is 230 Å². The molecule has 0 fully saturated rings. The van der Waals surface area contributed by atoms with E-state index in [0.29, 0.717) is 19.8 Å². The summed E-state index contributed by atoms with van der Waals surface area (Å²) in [5.74, 6) is 3.79. The molecule has 0 atom stereocenters. The quantitative estimate of drug-likeness (QED) is 0.329. The van der Waals surface area contributed by atoms with E-state index in [1.54, 1.807) is 7.11 Å². The molecular weight excluding hydrogens is 488 g/mol. The molecule has 0 saturated heterocycles. The maximum atomic E-state index is 6.24. The molecule has 1 aliphatic heterocycles. The Kier molecular flexibility index (Phi) is 6.99. The van der Waals surface area contributed by atoms with E-state index in [1.807, 2.05) is 6.92 Å². The predicted molar refractivity (Wildman–Crippen MR) is 154 cm³/mol. The third kappa shape index (κ3) is 5.49. The molecule has 4 aromatic rings. The predicted octanol–water partition coefficient (Wildman–Crippen LogP) is 4.98. The lowest BCUT2D eigenvalue weighted by atomic mass is 9.76. The van der Waals surface area contributed by atoms with E-state index in [-0.39, 0.29) is 5.41 Å². The molecule has 204 valence electrons. The van der Waals surface area contributed by atoms with Gasteiger partial charge in [0.1, 0.15) is 29.8 Å². The minimum atomic E-state index is 0.237. The van der Waals surface area contributed by atoms with E-state index in [4.69, 9.17) is 19.4 Å². The van der Waals surface area contributed by atoms with E-state index in [9.17, 15) is 0 Å². The van der Waals surface area contributed by atoms with Crippen LogP contribution in [0.4, 0.5) is 5.82 Å². The first-order valence-electron chi connectivity index (χ1n) is 13.9. The molecular formula is C31H38N6O2. The molecule has 2 aliphatic rings. The Morgan fingerprint density at radius 2 is 1.95 bits per heavy atom. The van der Waals surface area contributed by atoms with Gasteiger partial charge in [-0.25, -0.2) is 15.0 Å². The monoisotopic (exact) mass is 526 g/mol. The van der Waals surface area contributed by atoms with Crippen LogP contribution in [0.15, 0.2) is 36.4 Å². The molecule has 8 nitrogen and oxygen atoms in total. The van der Waals surface area contributed by atoms with E-state index in [0.717, 1.165) is 78.7 Å². The zero-order valence-corrected chi connectivity index (χ0v) is 23.4. The Hall–Kier alpha value is -3.49. The van der Waals surface area contributed by atoms with Gasteiger partial charge in [0.15, 0.2) is 0 Å². The van der Waals surface area contributed by atoms with Crippen LogP contribution in [0.3, 0.4) is 0 Å². The van der Waals surface area contributed by atoms with Crippen molar-refractivity contribution < 1.29 is 9.47 Å². The van der Waals surface area contributed by atoms with Gasteiger partial charge in [0.05, 0.1) is 30.7 Å². The van der Waals surface area contributed by atoms with Crippen LogP contribution >= 0.6 is 0 Å². The summed E-state index contributed by atoms with van der Waals surface area (Å²) in [6, 6.07) is 12.9. The maximum Gasteiger partial charge on any atom is 0.144 e. The highest BCUT2D eigenvalue weighted by atomic mass is 16.5. The van der Waals surface area contributed by atoms with Gasteiger partial charge in [0.25, 0.3) is 0 Å². The summed E-state index contributed by atoms with van der Waals surface area (Å²) in [5.41, 5.74) is 8.28. The van der Waals surface area contributed by atoms with Crippen LogP contribution in [-0.2, 0) is 30.7 Å². The summed E-state index contributed by atoms with van der Waals surface area (Å²) in [4.78, 5) is 20.5. The fraction of sp³-hybridized carbons (Fsp3) is 0.452. The van der Waals surface area contributed by atoms with Crippen molar-refractivity contribution in [1.82, 2.24) is 25.3 Å².